The second kappa shape index (κ2) is 10.4. The maximum absolute atomic E-state index is 2.74. The molecule has 0 spiro atoms. The van der Waals surface area contributed by atoms with E-state index in [4.69, 9.17) is 0 Å². The molecule has 0 N–H and O–H groups in total. The van der Waals surface area contributed by atoms with E-state index in [-0.39, 0.29) is 11.1 Å². The Labute approximate surface area is 172 Å². The highest BCUT2D eigenvalue weighted by Crippen LogP contribution is 2.37. The van der Waals surface area contributed by atoms with Crippen LogP contribution in [0.25, 0.3) is 0 Å². The van der Waals surface area contributed by atoms with Gasteiger partial charge in [0, 0.05) is 34.7 Å². The Kier molecular flexibility index (Phi) is 9.17. The van der Waals surface area contributed by atoms with Crippen molar-refractivity contribution in [2.75, 3.05) is 11.5 Å². The van der Waals surface area contributed by atoms with Crippen LogP contribution in [0.4, 0.5) is 0 Å². The third-order valence-electron chi connectivity index (χ3n) is 5.68. The van der Waals surface area contributed by atoms with Crippen LogP contribution in [0.1, 0.15) is 106 Å². The number of hydrogen-bond acceptors (Lipinski definition) is 4. The SMILES string of the molecule is CC(C)(C)N(SCCSN(C1CCCCC1)C(C)(C)C)C1CCCCC1. The number of hydrogen-bond donors (Lipinski definition) is 0. The Morgan fingerprint density at radius 2 is 0.885 bits per heavy atom. The minimum Gasteiger partial charge on any atom is -0.242 e. The molecule has 0 atom stereocenters. The van der Waals surface area contributed by atoms with Gasteiger partial charge in [0.05, 0.1) is 0 Å². The van der Waals surface area contributed by atoms with Crippen molar-refractivity contribution in [3.05, 3.63) is 0 Å². The first kappa shape index (κ1) is 22.9. The molecule has 0 amide bonds. The van der Waals surface area contributed by atoms with Crippen LogP contribution < -0.4 is 0 Å². The summed E-state index contributed by atoms with van der Waals surface area (Å²) in [6.07, 6.45) is 14.2. The molecule has 0 radical (unpaired) electrons. The van der Waals surface area contributed by atoms with E-state index in [1.807, 2.05) is 0 Å². The predicted octanol–water partition coefficient (Wildman–Crippen LogP) is 7.15. The van der Waals surface area contributed by atoms with Crippen molar-refractivity contribution >= 4 is 23.9 Å². The van der Waals surface area contributed by atoms with Gasteiger partial charge in [-0.2, -0.15) is 0 Å². The van der Waals surface area contributed by atoms with Crippen LogP contribution >= 0.6 is 23.9 Å². The van der Waals surface area contributed by atoms with Gasteiger partial charge in [-0.05, 0) is 67.2 Å². The molecular weight excluding hydrogens is 356 g/mol. The first-order valence-corrected chi connectivity index (χ1v) is 12.9. The first-order chi connectivity index (χ1) is 12.2. The molecule has 0 aromatic heterocycles. The lowest BCUT2D eigenvalue weighted by molar-refractivity contribution is 0.171. The Morgan fingerprint density at radius 3 is 1.15 bits per heavy atom. The van der Waals surface area contributed by atoms with Crippen molar-refractivity contribution in [2.45, 2.75) is 129 Å². The van der Waals surface area contributed by atoms with Gasteiger partial charge in [0.25, 0.3) is 0 Å². The van der Waals surface area contributed by atoms with Crippen molar-refractivity contribution in [2.24, 2.45) is 0 Å². The van der Waals surface area contributed by atoms with E-state index >= 15 is 0 Å². The van der Waals surface area contributed by atoms with Crippen LogP contribution in [0.2, 0.25) is 0 Å². The lowest BCUT2D eigenvalue weighted by Crippen LogP contribution is -2.45. The molecule has 0 saturated heterocycles. The summed E-state index contributed by atoms with van der Waals surface area (Å²) in [6, 6.07) is 1.58. The zero-order valence-corrected chi connectivity index (χ0v) is 20.0. The molecule has 2 saturated carbocycles. The van der Waals surface area contributed by atoms with Gasteiger partial charge in [0.1, 0.15) is 0 Å². The minimum atomic E-state index is 0.268. The molecule has 0 heterocycles. The average Bonchev–Trinajstić information content (AvgIpc) is 2.57. The molecule has 0 aromatic rings. The normalized spacial score (nSPS) is 21.7. The second-order valence-electron chi connectivity index (χ2n) is 10.2. The number of rotatable bonds is 7. The molecule has 154 valence electrons. The van der Waals surface area contributed by atoms with E-state index in [0.29, 0.717) is 0 Å². The Morgan fingerprint density at radius 1 is 0.577 bits per heavy atom. The molecule has 2 aliphatic rings. The summed E-state index contributed by atoms with van der Waals surface area (Å²) in [4.78, 5) is 0. The average molecular weight is 401 g/mol. The molecule has 0 aliphatic heterocycles. The fourth-order valence-electron chi connectivity index (χ4n) is 4.60. The summed E-state index contributed by atoms with van der Waals surface area (Å²) in [5.74, 6) is 2.47. The molecule has 0 unspecified atom stereocenters. The predicted molar refractivity (Wildman–Crippen MR) is 122 cm³/mol. The molecule has 0 aromatic carbocycles. The van der Waals surface area contributed by atoms with E-state index in [1.165, 1.54) is 75.7 Å². The number of nitrogens with zero attached hydrogens (tertiary/aromatic N) is 2. The van der Waals surface area contributed by atoms with Crippen molar-refractivity contribution in [1.29, 1.82) is 0 Å². The van der Waals surface area contributed by atoms with Gasteiger partial charge in [0.15, 0.2) is 0 Å². The standard InChI is InChI=1S/C22H44N2S2/c1-21(2,3)23(19-13-9-7-10-14-19)25-17-18-26-24(22(4,5)6)20-15-11-8-12-16-20/h19-20H,7-18H2,1-6H3. The van der Waals surface area contributed by atoms with E-state index in [1.54, 1.807) is 0 Å². The van der Waals surface area contributed by atoms with Crippen LogP contribution in [0, 0.1) is 0 Å². The van der Waals surface area contributed by atoms with Crippen molar-refractivity contribution in [3.8, 4) is 0 Å². The quantitative estimate of drug-likeness (QED) is 0.330. The van der Waals surface area contributed by atoms with E-state index in [0.717, 1.165) is 12.1 Å². The van der Waals surface area contributed by atoms with Gasteiger partial charge in [-0.15, -0.1) is 0 Å². The fourth-order valence-corrected chi connectivity index (χ4v) is 7.20. The van der Waals surface area contributed by atoms with Crippen molar-refractivity contribution in [3.63, 3.8) is 0 Å². The van der Waals surface area contributed by atoms with Crippen LogP contribution in [-0.4, -0.2) is 43.3 Å². The Bertz CT molecular complexity index is 350. The highest BCUT2D eigenvalue weighted by Gasteiger charge is 2.32. The third-order valence-corrected chi connectivity index (χ3v) is 8.96. The molecule has 2 rings (SSSR count). The summed E-state index contributed by atoms with van der Waals surface area (Å²) in [5.41, 5.74) is 0.537. The first-order valence-electron chi connectivity index (χ1n) is 11.0. The van der Waals surface area contributed by atoms with Crippen LogP contribution in [-0.2, 0) is 0 Å². The zero-order chi connectivity index (χ0) is 19.2. The highest BCUT2D eigenvalue weighted by molar-refractivity contribution is 8.00. The van der Waals surface area contributed by atoms with Crippen molar-refractivity contribution in [1.82, 2.24) is 8.61 Å². The molecule has 4 heteroatoms. The van der Waals surface area contributed by atoms with Gasteiger partial charge in [0.2, 0.25) is 0 Å². The Balaban J connectivity index is 1.84. The molecule has 2 nitrogen and oxygen atoms in total. The van der Waals surface area contributed by atoms with Crippen LogP contribution in [0.3, 0.4) is 0 Å². The topological polar surface area (TPSA) is 6.48 Å². The molecule has 0 bridgehead atoms. The van der Waals surface area contributed by atoms with Gasteiger partial charge < -0.3 is 0 Å². The summed E-state index contributed by atoms with van der Waals surface area (Å²) >= 11 is 4.24. The van der Waals surface area contributed by atoms with Crippen LogP contribution in [0.15, 0.2) is 0 Å². The lowest BCUT2D eigenvalue weighted by Gasteiger charge is -2.43. The maximum atomic E-state index is 2.74. The van der Waals surface area contributed by atoms with Gasteiger partial charge in [-0.25, -0.2) is 8.61 Å². The molecule has 2 aliphatic carbocycles. The monoisotopic (exact) mass is 400 g/mol. The highest BCUT2D eigenvalue weighted by atomic mass is 32.2. The summed E-state index contributed by atoms with van der Waals surface area (Å²) in [7, 11) is 0. The van der Waals surface area contributed by atoms with Gasteiger partial charge in [-0.1, -0.05) is 62.4 Å². The third kappa shape index (κ3) is 7.22. The maximum Gasteiger partial charge on any atom is 0.0232 e. The van der Waals surface area contributed by atoms with Gasteiger partial charge in [-0.3, -0.25) is 0 Å². The van der Waals surface area contributed by atoms with Crippen LogP contribution in [0.5, 0.6) is 0 Å². The largest absolute Gasteiger partial charge is 0.242 e. The molecule has 26 heavy (non-hydrogen) atoms. The lowest BCUT2D eigenvalue weighted by atomic mass is 9.93. The minimum absolute atomic E-state index is 0.268. The summed E-state index contributed by atoms with van der Waals surface area (Å²) in [5, 5.41) is 0. The van der Waals surface area contributed by atoms with Crippen molar-refractivity contribution < 1.29 is 0 Å². The van der Waals surface area contributed by atoms with Gasteiger partial charge >= 0.3 is 0 Å². The van der Waals surface area contributed by atoms with E-state index < -0.39 is 0 Å². The van der Waals surface area contributed by atoms with E-state index in [2.05, 4.69) is 74.0 Å². The zero-order valence-electron chi connectivity index (χ0n) is 18.4. The molecule has 2 fully saturated rings. The summed E-state index contributed by atoms with van der Waals surface area (Å²) < 4.78 is 5.49. The molecular formula is C22H44N2S2. The second-order valence-corrected chi connectivity index (χ2v) is 12.4. The smallest absolute Gasteiger partial charge is 0.0232 e. The summed E-state index contributed by atoms with van der Waals surface area (Å²) in [6.45, 7) is 14.4. The fraction of sp³-hybridized carbons (Fsp3) is 1.00. The van der Waals surface area contributed by atoms with E-state index in [9.17, 15) is 0 Å². The Hall–Kier alpha value is 0.620.